The Hall–Kier alpha value is -3.08. The minimum Gasteiger partial charge on any atom is -0.400 e. The lowest BCUT2D eigenvalue weighted by Gasteiger charge is -2.30. The van der Waals surface area contributed by atoms with Crippen molar-refractivity contribution in [1.82, 2.24) is 19.8 Å². The molecule has 9 nitrogen and oxygen atoms in total. The zero-order chi connectivity index (χ0) is 30.4. The predicted molar refractivity (Wildman–Crippen MR) is 170 cm³/mol. The van der Waals surface area contributed by atoms with E-state index in [1.807, 2.05) is 32.1 Å². The van der Waals surface area contributed by atoms with Gasteiger partial charge < -0.3 is 26.0 Å². The molecule has 2 aromatic heterocycles. The smallest absolute Gasteiger partial charge is 0.313 e. The fourth-order valence-corrected chi connectivity index (χ4v) is 6.03. The van der Waals surface area contributed by atoms with Crippen LogP contribution in [0, 0.1) is 5.92 Å². The van der Waals surface area contributed by atoms with Gasteiger partial charge in [0, 0.05) is 26.1 Å². The van der Waals surface area contributed by atoms with Crippen LogP contribution >= 0.6 is 11.3 Å². The molecule has 2 aliphatic rings. The van der Waals surface area contributed by atoms with Crippen molar-refractivity contribution in [3.8, 4) is 0 Å². The van der Waals surface area contributed by atoms with Crippen LogP contribution in [-0.2, 0) is 16.0 Å². The molecule has 0 bridgehead atoms. The first-order chi connectivity index (χ1) is 19.8. The van der Waals surface area contributed by atoms with Crippen LogP contribution in [0.25, 0.3) is 10.2 Å². The van der Waals surface area contributed by atoms with Gasteiger partial charge >= 0.3 is 11.8 Å². The van der Waals surface area contributed by atoms with Crippen LogP contribution in [-0.4, -0.2) is 77.0 Å². The number of rotatable bonds is 3. The number of amides is 2. The van der Waals surface area contributed by atoms with Gasteiger partial charge in [-0.25, -0.2) is 9.97 Å². The van der Waals surface area contributed by atoms with Crippen molar-refractivity contribution >= 4 is 44.9 Å². The molecule has 1 atom stereocenters. The standard InChI is InChI=1S/C15H22N4O2.C13H16N2S.C2H6.CH4O/c1-3-11-7-12(8-17-13(11)16)18-14(20)15(21)19-6-4-5-10(2)9-19;1-15-8-6-10(7-9-15)13-14-11-4-2-3-5-12(11)16-13;2*1-2/h7-8,10H,3-6,9H2,1-2H3,(H2,16,17)(H,18,20);2-5,10H,6-9H2,1H3;1-2H3;2H,1H3. The number of thiazole rings is 1. The highest BCUT2D eigenvalue weighted by Crippen LogP contribution is 2.33. The molecule has 41 heavy (non-hydrogen) atoms. The summed E-state index contributed by atoms with van der Waals surface area (Å²) >= 11 is 1.88. The van der Waals surface area contributed by atoms with Gasteiger partial charge in [0.05, 0.1) is 27.1 Å². The van der Waals surface area contributed by atoms with Gasteiger partial charge in [-0.15, -0.1) is 11.3 Å². The van der Waals surface area contributed by atoms with E-state index >= 15 is 0 Å². The molecule has 1 aromatic carbocycles. The van der Waals surface area contributed by atoms with E-state index in [1.165, 1.54) is 47.4 Å². The molecule has 1 unspecified atom stereocenters. The second-order valence-corrected chi connectivity index (χ2v) is 11.2. The van der Waals surface area contributed by atoms with Gasteiger partial charge in [-0.3, -0.25) is 9.59 Å². The number of nitrogen functional groups attached to an aromatic ring is 1. The Bertz CT molecular complexity index is 1190. The fourth-order valence-electron chi connectivity index (χ4n) is 4.89. The number of para-hydroxylation sites is 1. The Morgan fingerprint density at radius 1 is 1.12 bits per heavy atom. The molecule has 10 heteroatoms. The van der Waals surface area contributed by atoms with Crippen molar-refractivity contribution in [3.05, 3.63) is 47.1 Å². The molecule has 2 aliphatic heterocycles. The van der Waals surface area contributed by atoms with E-state index in [4.69, 9.17) is 15.8 Å². The van der Waals surface area contributed by atoms with Crippen molar-refractivity contribution in [2.24, 2.45) is 5.92 Å². The first-order valence-corrected chi connectivity index (χ1v) is 15.5. The number of aliphatic hydroxyl groups excluding tert-OH is 1. The van der Waals surface area contributed by atoms with Crippen LogP contribution in [0.1, 0.15) is 69.9 Å². The van der Waals surface area contributed by atoms with E-state index in [2.05, 4.69) is 53.4 Å². The number of carbonyl (C=O) groups excluding carboxylic acids is 2. The van der Waals surface area contributed by atoms with Crippen LogP contribution in [0.15, 0.2) is 36.5 Å². The number of anilines is 2. The second kappa shape index (κ2) is 17.7. The number of fused-ring (bicyclic) bond motifs is 1. The number of pyridine rings is 1. The molecular formula is C31H48N6O3S. The number of nitrogens with one attached hydrogen (secondary N) is 1. The number of aryl methyl sites for hydroxylation is 1. The van der Waals surface area contributed by atoms with E-state index in [0.717, 1.165) is 31.9 Å². The molecule has 5 rings (SSSR count). The highest BCUT2D eigenvalue weighted by molar-refractivity contribution is 7.18. The fraction of sp³-hybridized carbons (Fsp3) is 0.548. The molecule has 0 aliphatic carbocycles. The van der Waals surface area contributed by atoms with Gasteiger partial charge in [-0.05, 0) is 81.9 Å². The highest BCUT2D eigenvalue weighted by Gasteiger charge is 2.26. The summed E-state index contributed by atoms with van der Waals surface area (Å²) in [6.45, 7) is 11.8. The minimum atomic E-state index is -0.613. The first kappa shape index (κ1) is 34.1. The van der Waals surface area contributed by atoms with Crippen molar-refractivity contribution in [2.45, 2.75) is 65.7 Å². The molecule has 226 valence electrons. The lowest BCUT2D eigenvalue weighted by Crippen LogP contribution is -2.44. The average molecular weight is 585 g/mol. The van der Waals surface area contributed by atoms with E-state index in [1.54, 1.807) is 11.0 Å². The predicted octanol–water partition coefficient (Wildman–Crippen LogP) is 5.16. The van der Waals surface area contributed by atoms with Crippen molar-refractivity contribution in [3.63, 3.8) is 0 Å². The summed E-state index contributed by atoms with van der Waals surface area (Å²) in [6.07, 6.45) is 6.77. The number of nitrogens with zero attached hydrogens (tertiary/aromatic N) is 4. The number of aliphatic hydroxyl groups is 1. The van der Waals surface area contributed by atoms with Crippen LogP contribution in [0.3, 0.4) is 0 Å². The van der Waals surface area contributed by atoms with Gasteiger partial charge in [-0.2, -0.15) is 0 Å². The zero-order valence-electron chi connectivity index (χ0n) is 25.5. The van der Waals surface area contributed by atoms with Crippen LogP contribution in [0.2, 0.25) is 0 Å². The van der Waals surface area contributed by atoms with E-state index in [0.29, 0.717) is 36.4 Å². The van der Waals surface area contributed by atoms with Gasteiger partial charge in [-0.1, -0.05) is 39.8 Å². The lowest BCUT2D eigenvalue weighted by atomic mass is 9.98. The summed E-state index contributed by atoms with van der Waals surface area (Å²) in [7, 11) is 3.20. The molecule has 0 radical (unpaired) electrons. The maximum atomic E-state index is 12.1. The normalized spacial score (nSPS) is 17.2. The van der Waals surface area contributed by atoms with Crippen molar-refractivity contribution in [1.29, 1.82) is 0 Å². The third kappa shape index (κ3) is 10.1. The van der Waals surface area contributed by atoms with E-state index in [9.17, 15) is 9.59 Å². The number of hydrogen-bond acceptors (Lipinski definition) is 8. The van der Waals surface area contributed by atoms with Gasteiger partial charge in [0.25, 0.3) is 0 Å². The monoisotopic (exact) mass is 584 g/mol. The quantitative estimate of drug-likeness (QED) is 0.363. The second-order valence-electron chi connectivity index (χ2n) is 10.2. The molecule has 0 saturated carbocycles. The molecular weight excluding hydrogens is 536 g/mol. The zero-order valence-corrected chi connectivity index (χ0v) is 26.3. The largest absolute Gasteiger partial charge is 0.400 e. The number of carbonyl (C=O) groups is 2. The first-order valence-electron chi connectivity index (χ1n) is 14.7. The summed E-state index contributed by atoms with van der Waals surface area (Å²) in [4.78, 5) is 37.0. The van der Waals surface area contributed by atoms with Crippen LogP contribution < -0.4 is 11.1 Å². The van der Waals surface area contributed by atoms with Gasteiger partial charge in [0.1, 0.15) is 5.82 Å². The lowest BCUT2D eigenvalue weighted by molar-refractivity contribution is -0.144. The SMILES string of the molecule is CC.CCc1cc(NC(=O)C(=O)N2CCCC(C)C2)cnc1N.CN1CCC(c2nc3ccccc3s2)CC1.CO. The Labute approximate surface area is 249 Å². The summed E-state index contributed by atoms with van der Waals surface area (Å²) in [6, 6.07) is 10.2. The maximum absolute atomic E-state index is 12.1. The summed E-state index contributed by atoms with van der Waals surface area (Å²) in [5.41, 5.74) is 8.25. The maximum Gasteiger partial charge on any atom is 0.313 e. The Morgan fingerprint density at radius 2 is 1.80 bits per heavy atom. The molecule has 3 aromatic rings. The minimum absolute atomic E-state index is 0.445. The molecule has 0 spiro atoms. The third-order valence-electron chi connectivity index (χ3n) is 7.16. The Balaban J connectivity index is 0.000000262. The van der Waals surface area contributed by atoms with Gasteiger partial charge in [0.15, 0.2) is 0 Å². The Kier molecular flexibility index (Phi) is 14.7. The van der Waals surface area contributed by atoms with Crippen LogP contribution in [0.5, 0.6) is 0 Å². The molecule has 2 amide bonds. The molecule has 4 N–H and O–H groups in total. The number of piperidine rings is 2. The Morgan fingerprint density at radius 3 is 2.44 bits per heavy atom. The van der Waals surface area contributed by atoms with Crippen molar-refractivity contribution < 1.29 is 14.7 Å². The van der Waals surface area contributed by atoms with Crippen molar-refractivity contribution in [2.75, 3.05) is 51.4 Å². The summed E-state index contributed by atoms with van der Waals surface area (Å²) < 4.78 is 1.33. The third-order valence-corrected chi connectivity index (χ3v) is 8.36. The number of hydrogen-bond donors (Lipinski definition) is 3. The summed E-state index contributed by atoms with van der Waals surface area (Å²) in [5, 5.41) is 10.9. The summed E-state index contributed by atoms with van der Waals surface area (Å²) in [5.74, 6) is 0.495. The number of aromatic nitrogens is 2. The number of nitrogens with two attached hydrogens (primary N) is 1. The number of benzene rings is 1. The average Bonchev–Trinajstić information content (AvgIpc) is 3.45. The molecule has 2 fully saturated rings. The van der Waals surface area contributed by atoms with Gasteiger partial charge in [0.2, 0.25) is 0 Å². The van der Waals surface area contributed by atoms with E-state index in [-0.39, 0.29) is 0 Å². The van der Waals surface area contributed by atoms with E-state index < -0.39 is 11.8 Å². The number of likely N-dealkylation sites (tertiary alicyclic amines) is 2. The van der Waals surface area contributed by atoms with Crippen LogP contribution in [0.4, 0.5) is 11.5 Å². The molecule has 2 saturated heterocycles. The topological polar surface area (TPSA) is 125 Å². The molecule has 4 heterocycles. The highest BCUT2D eigenvalue weighted by atomic mass is 32.1.